The van der Waals surface area contributed by atoms with Gasteiger partial charge in [-0.3, -0.25) is 4.79 Å². The molecule has 19 heavy (non-hydrogen) atoms. The summed E-state index contributed by atoms with van der Waals surface area (Å²) >= 11 is 0. The zero-order valence-electron chi connectivity index (χ0n) is 9.97. The molecule has 1 aliphatic carbocycles. The predicted octanol–water partition coefficient (Wildman–Crippen LogP) is 2.22. The third-order valence-electron chi connectivity index (χ3n) is 3.45. The number of carbonyl (C=O) groups is 1. The minimum atomic E-state index is -5.84. The van der Waals surface area contributed by atoms with E-state index in [1.807, 2.05) is 0 Å². The van der Waals surface area contributed by atoms with E-state index in [0.717, 1.165) is 13.8 Å². The lowest BCUT2D eigenvalue weighted by Crippen LogP contribution is -2.75. The van der Waals surface area contributed by atoms with Crippen LogP contribution in [0, 0.1) is 5.92 Å². The van der Waals surface area contributed by atoms with E-state index < -0.39 is 48.3 Å². The molecule has 0 heterocycles. The maximum absolute atomic E-state index is 13.8. The van der Waals surface area contributed by atoms with Crippen molar-refractivity contribution in [3.05, 3.63) is 0 Å². The van der Waals surface area contributed by atoms with Crippen molar-refractivity contribution >= 4 is 6.47 Å². The van der Waals surface area contributed by atoms with Gasteiger partial charge in [0.15, 0.2) is 5.60 Å². The number of aliphatic hydroxyl groups excluding tert-OH is 1. The van der Waals surface area contributed by atoms with Gasteiger partial charge in [-0.15, -0.1) is 0 Å². The summed E-state index contributed by atoms with van der Waals surface area (Å²) in [7, 11) is 0. The van der Waals surface area contributed by atoms with Crippen LogP contribution in [0.1, 0.15) is 20.3 Å². The summed E-state index contributed by atoms with van der Waals surface area (Å²) in [6.45, 7) is 1.49. The monoisotopic (exact) mass is 294 g/mol. The molecule has 0 aromatic heterocycles. The zero-order valence-corrected chi connectivity index (χ0v) is 9.97. The van der Waals surface area contributed by atoms with E-state index in [9.17, 15) is 31.1 Å². The molecular formula is C10H12F6O3. The Morgan fingerprint density at radius 3 is 2.00 bits per heavy atom. The third-order valence-corrected chi connectivity index (χ3v) is 3.45. The summed E-state index contributed by atoms with van der Waals surface area (Å²) in [5, 5.41) is 9.06. The van der Waals surface area contributed by atoms with Crippen LogP contribution in [0.4, 0.5) is 26.3 Å². The quantitative estimate of drug-likeness (QED) is 0.641. The van der Waals surface area contributed by atoms with Crippen LogP contribution in [-0.2, 0) is 9.53 Å². The van der Waals surface area contributed by atoms with E-state index in [2.05, 4.69) is 4.74 Å². The molecule has 0 saturated heterocycles. The largest absolute Gasteiger partial charge is 0.454 e. The number of aliphatic hydroxyl groups is 1. The van der Waals surface area contributed by atoms with Crippen molar-refractivity contribution < 1.29 is 41.0 Å². The van der Waals surface area contributed by atoms with Gasteiger partial charge in [0.25, 0.3) is 6.47 Å². The number of halogens is 6. The van der Waals surface area contributed by atoms with Crippen molar-refractivity contribution in [3.8, 4) is 0 Å². The Balaban J connectivity index is 3.48. The fourth-order valence-electron chi connectivity index (χ4n) is 2.17. The highest BCUT2D eigenvalue weighted by Gasteiger charge is 2.85. The van der Waals surface area contributed by atoms with E-state index in [4.69, 9.17) is 5.11 Å². The van der Waals surface area contributed by atoms with Crippen LogP contribution in [0.25, 0.3) is 0 Å². The Morgan fingerprint density at radius 1 is 1.16 bits per heavy atom. The second-order valence-electron chi connectivity index (χ2n) is 4.75. The first-order valence-electron chi connectivity index (χ1n) is 5.31. The molecule has 1 aliphatic rings. The number of rotatable bonds is 3. The summed E-state index contributed by atoms with van der Waals surface area (Å²) in [6.07, 6.45) is -4.54. The van der Waals surface area contributed by atoms with Crippen molar-refractivity contribution in [2.45, 2.75) is 49.7 Å². The first-order valence-corrected chi connectivity index (χ1v) is 5.31. The maximum Gasteiger partial charge on any atom is 0.378 e. The van der Waals surface area contributed by atoms with Crippen molar-refractivity contribution in [2.24, 2.45) is 5.92 Å². The van der Waals surface area contributed by atoms with Gasteiger partial charge in [-0.2, -0.15) is 26.3 Å². The average Bonchev–Trinajstić information content (AvgIpc) is 2.25. The van der Waals surface area contributed by atoms with Crippen molar-refractivity contribution in [2.75, 3.05) is 0 Å². The lowest BCUT2D eigenvalue weighted by Gasteiger charge is -2.51. The van der Waals surface area contributed by atoms with Crippen molar-refractivity contribution in [1.29, 1.82) is 0 Å². The van der Waals surface area contributed by atoms with Crippen LogP contribution in [0.5, 0.6) is 0 Å². The molecule has 0 aromatic carbocycles. The molecule has 1 saturated carbocycles. The van der Waals surface area contributed by atoms with Gasteiger partial charge in [0.05, 0.1) is 0 Å². The molecule has 0 spiro atoms. The van der Waals surface area contributed by atoms with Gasteiger partial charge in [-0.05, 0) is 5.92 Å². The van der Waals surface area contributed by atoms with Gasteiger partial charge in [0.2, 0.25) is 0 Å². The van der Waals surface area contributed by atoms with Crippen LogP contribution in [-0.4, -0.2) is 41.1 Å². The molecule has 1 N–H and O–H groups in total. The highest BCUT2D eigenvalue weighted by molar-refractivity contribution is 5.40. The Labute approximate surface area is 104 Å². The van der Waals surface area contributed by atoms with Crippen LogP contribution < -0.4 is 0 Å². The lowest BCUT2D eigenvalue weighted by atomic mass is 9.69. The second kappa shape index (κ2) is 4.26. The molecule has 9 heteroatoms. The van der Waals surface area contributed by atoms with Gasteiger partial charge in [-0.25, -0.2) is 0 Å². The molecular weight excluding hydrogens is 282 g/mol. The van der Waals surface area contributed by atoms with Gasteiger partial charge < -0.3 is 9.84 Å². The fraction of sp³-hybridized carbons (Fsp3) is 0.900. The Bertz CT molecular complexity index is 370. The molecule has 1 rings (SSSR count). The van der Waals surface area contributed by atoms with Gasteiger partial charge in [0.1, 0.15) is 6.10 Å². The number of hydrogen-bond donors (Lipinski definition) is 1. The summed E-state index contributed by atoms with van der Waals surface area (Å²) in [5.74, 6) is -17.9. The zero-order chi connectivity index (χ0) is 15.3. The number of hydrogen-bond acceptors (Lipinski definition) is 3. The highest BCUT2D eigenvalue weighted by atomic mass is 19.3. The third kappa shape index (κ3) is 1.73. The second-order valence-corrected chi connectivity index (χ2v) is 4.75. The van der Waals surface area contributed by atoms with Gasteiger partial charge >= 0.3 is 17.8 Å². The minimum Gasteiger partial charge on any atom is -0.454 e. The molecule has 0 bridgehead atoms. The van der Waals surface area contributed by atoms with Crippen LogP contribution in [0.3, 0.4) is 0 Å². The minimum absolute atomic E-state index is 0.514. The van der Waals surface area contributed by atoms with E-state index >= 15 is 0 Å². The molecule has 2 unspecified atom stereocenters. The van der Waals surface area contributed by atoms with E-state index in [-0.39, 0.29) is 0 Å². The summed E-state index contributed by atoms with van der Waals surface area (Å²) in [4.78, 5) is 10.3. The van der Waals surface area contributed by atoms with Crippen LogP contribution in [0.15, 0.2) is 0 Å². The summed E-state index contributed by atoms with van der Waals surface area (Å²) in [6, 6.07) is 0. The number of ether oxygens (including phenoxy) is 1. The number of alkyl halides is 6. The Hall–Kier alpha value is -0.990. The van der Waals surface area contributed by atoms with Crippen molar-refractivity contribution in [3.63, 3.8) is 0 Å². The molecule has 0 radical (unpaired) electrons. The standard InChI is InChI=1S/C10H12F6O3/c1-5(2)7(19-4-17)3-6(18)8(11,12)10(15,16)9(7,13)14/h4-6,18H,3H2,1-2H3. The fourth-order valence-corrected chi connectivity index (χ4v) is 2.17. The first kappa shape index (κ1) is 16.1. The van der Waals surface area contributed by atoms with E-state index in [1.165, 1.54) is 0 Å². The normalized spacial score (nSPS) is 36.0. The highest BCUT2D eigenvalue weighted by Crippen LogP contribution is 2.60. The Kier molecular flexibility index (Phi) is 3.60. The smallest absolute Gasteiger partial charge is 0.378 e. The van der Waals surface area contributed by atoms with Crippen LogP contribution in [0.2, 0.25) is 0 Å². The maximum atomic E-state index is 13.8. The first-order chi connectivity index (χ1) is 8.38. The molecule has 3 nitrogen and oxygen atoms in total. The van der Waals surface area contributed by atoms with E-state index in [1.54, 1.807) is 0 Å². The van der Waals surface area contributed by atoms with Crippen molar-refractivity contribution in [1.82, 2.24) is 0 Å². The molecule has 1 fully saturated rings. The Morgan fingerprint density at radius 2 is 1.63 bits per heavy atom. The van der Waals surface area contributed by atoms with E-state index in [0.29, 0.717) is 0 Å². The molecule has 0 aromatic rings. The average molecular weight is 294 g/mol. The van der Waals surface area contributed by atoms with Gasteiger partial charge in [0, 0.05) is 6.42 Å². The summed E-state index contributed by atoms with van der Waals surface area (Å²) in [5.41, 5.74) is -3.20. The SMILES string of the molecule is CC(C)C1(OC=O)CC(O)C(F)(F)C(F)(F)C1(F)F. The molecule has 2 atom stereocenters. The lowest BCUT2D eigenvalue weighted by molar-refractivity contribution is -0.407. The van der Waals surface area contributed by atoms with Crippen LogP contribution >= 0.6 is 0 Å². The van der Waals surface area contributed by atoms with Gasteiger partial charge in [-0.1, -0.05) is 13.8 Å². The molecule has 0 amide bonds. The molecule has 112 valence electrons. The summed E-state index contributed by atoms with van der Waals surface area (Å²) < 4.78 is 84.5. The molecule has 0 aliphatic heterocycles. The predicted molar refractivity (Wildman–Crippen MR) is 50.2 cm³/mol. The number of carbonyl (C=O) groups excluding carboxylic acids is 1. The topological polar surface area (TPSA) is 46.5 Å².